The second kappa shape index (κ2) is 5.17. The van der Waals surface area contributed by atoms with Gasteiger partial charge in [0.1, 0.15) is 0 Å². The molecule has 15 heavy (non-hydrogen) atoms. The van der Waals surface area contributed by atoms with E-state index in [2.05, 4.69) is 38.6 Å². The van der Waals surface area contributed by atoms with Gasteiger partial charge in [-0.15, -0.1) is 0 Å². The van der Waals surface area contributed by atoms with Crippen LogP contribution in [0.3, 0.4) is 0 Å². The van der Waals surface area contributed by atoms with Crippen molar-refractivity contribution in [2.75, 3.05) is 0 Å². The highest BCUT2D eigenvalue weighted by atomic mass is 17.1. The first-order valence-electron chi connectivity index (χ1n) is 5.48. The fourth-order valence-electron chi connectivity index (χ4n) is 1.62. The van der Waals surface area contributed by atoms with E-state index < -0.39 is 0 Å². The second-order valence-corrected chi connectivity index (χ2v) is 4.71. The van der Waals surface area contributed by atoms with E-state index >= 15 is 0 Å². The Morgan fingerprint density at radius 3 is 2.33 bits per heavy atom. The van der Waals surface area contributed by atoms with E-state index in [4.69, 9.17) is 5.26 Å². The molecule has 1 aromatic rings. The summed E-state index contributed by atoms with van der Waals surface area (Å²) >= 11 is 0. The minimum absolute atomic E-state index is 0.451. The molecular weight excluding hydrogens is 188 g/mol. The first-order chi connectivity index (χ1) is 7.04. The van der Waals surface area contributed by atoms with Crippen molar-refractivity contribution in [1.82, 2.24) is 0 Å². The molecule has 0 unspecified atom stereocenters. The third-order valence-electron chi connectivity index (χ3n) is 2.48. The van der Waals surface area contributed by atoms with Gasteiger partial charge in [0, 0.05) is 0 Å². The summed E-state index contributed by atoms with van der Waals surface area (Å²) in [7, 11) is 0. The minimum Gasteiger partial charge on any atom is -0.340 e. The van der Waals surface area contributed by atoms with Crippen molar-refractivity contribution in [1.29, 1.82) is 0 Å². The molecule has 0 amide bonds. The van der Waals surface area contributed by atoms with Crippen molar-refractivity contribution < 1.29 is 10.1 Å². The average Bonchev–Trinajstić information content (AvgIpc) is 2.17. The minimum atomic E-state index is 0.451. The van der Waals surface area contributed by atoms with Crippen LogP contribution in [-0.4, -0.2) is 5.26 Å². The predicted octanol–water partition coefficient (Wildman–Crippen LogP) is 3.86. The van der Waals surface area contributed by atoms with Crippen molar-refractivity contribution in [2.45, 2.75) is 40.0 Å². The molecule has 84 valence electrons. The zero-order valence-electron chi connectivity index (χ0n) is 9.95. The van der Waals surface area contributed by atoms with E-state index in [-0.39, 0.29) is 0 Å². The first-order valence-corrected chi connectivity index (χ1v) is 5.48. The monoisotopic (exact) mass is 208 g/mol. The lowest BCUT2D eigenvalue weighted by molar-refractivity contribution is -0.138. The maximum atomic E-state index is 8.84. The van der Waals surface area contributed by atoms with Crippen LogP contribution in [0.15, 0.2) is 18.2 Å². The molecular formula is C13H20O2. The zero-order valence-corrected chi connectivity index (χ0v) is 9.95. The Labute approximate surface area is 91.8 Å². The molecule has 0 aromatic heterocycles. The summed E-state index contributed by atoms with van der Waals surface area (Å²) in [6.45, 7) is 8.55. The first kappa shape index (κ1) is 12.1. The quantitative estimate of drug-likeness (QED) is 0.601. The average molecular weight is 208 g/mol. The van der Waals surface area contributed by atoms with E-state index in [0.29, 0.717) is 17.6 Å². The van der Waals surface area contributed by atoms with Crippen LogP contribution in [-0.2, 0) is 6.42 Å². The smallest absolute Gasteiger partial charge is 0.168 e. The molecule has 0 aliphatic carbocycles. The third-order valence-corrected chi connectivity index (χ3v) is 2.48. The number of rotatable bonds is 4. The Hall–Kier alpha value is -1.02. The van der Waals surface area contributed by atoms with Crippen LogP contribution >= 0.6 is 0 Å². The fraction of sp³-hybridized carbons (Fsp3) is 0.538. The summed E-state index contributed by atoms with van der Waals surface area (Å²) in [5.41, 5.74) is 2.25. The van der Waals surface area contributed by atoms with Crippen LogP contribution in [0.1, 0.15) is 44.7 Å². The van der Waals surface area contributed by atoms with Crippen molar-refractivity contribution in [3.8, 4) is 5.75 Å². The number of benzene rings is 1. The molecule has 2 nitrogen and oxygen atoms in total. The van der Waals surface area contributed by atoms with Gasteiger partial charge in [0.25, 0.3) is 0 Å². The fourth-order valence-corrected chi connectivity index (χ4v) is 1.62. The maximum absolute atomic E-state index is 8.84. The molecule has 1 rings (SSSR count). The molecule has 0 aliphatic rings. The summed E-state index contributed by atoms with van der Waals surface area (Å²) in [5, 5.41) is 8.84. The van der Waals surface area contributed by atoms with Crippen LogP contribution in [0.5, 0.6) is 5.75 Å². The highest BCUT2D eigenvalue weighted by molar-refractivity contribution is 5.38. The molecule has 1 aromatic carbocycles. The van der Waals surface area contributed by atoms with E-state index in [1.807, 2.05) is 12.1 Å². The highest BCUT2D eigenvalue weighted by Crippen LogP contribution is 2.26. The largest absolute Gasteiger partial charge is 0.340 e. The van der Waals surface area contributed by atoms with Gasteiger partial charge in [-0.3, -0.25) is 0 Å². The molecule has 0 saturated heterocycles. The van der Waals surface area contributed by atoms with Gasteiger partial charge in [0.15, 0.2) is 5.75 Å². The molecule has 0 heterocycles. The molecule has 0 bridgehead atoms. The summed E-state index contributed by atoms with van der Waals surface area (Å²) in [6, 6.07) is 6.06. The van der Waals surface area contributed by atoms with Crippen LogP contribution in [0.2, 0.25) is 0 Å². The SMILES string of the molecule is CC(C)Cc1ccc(C(C)C)cc1OO. The topological polar surface area (TPSA) is 29.5 Å². The Morgan fingerprint density at radius 2 is 1.87 bits per heavy atom. The Balaban J connectivity index is 2.98. The van der Waals surface area contributed by atoms with Crippen molar-refractivity contribution >= 4 is 0 Å². The normalized spacial score (nSPS) is 11.1. The van der Waals surface area contributed by atoms with E-state index in [1.165, 1.54) is 5.56 Å². The number of hydrogen-bond donors (Lipinski definition) is 1. The molecule has 2 heteroatoms. The van der Waals surface area contributed by atoms with Gasteiger partial charge in [0.05, 0.1) is 0 Å². The standard InChI is InChI=1S/C13H20O2/c1-9(2)7-12-6-5-11(10(3)4)8-13(12)15-14/h5-6,8-10,14H,7H2,1-4H3. The van der Waals surface area contributed by atoms with Gasteiger partial charge >= 0.3 is 0 Å². The van der Waals surface area contributed by atoms with Crippen LogP contribution < -0.4 is 4.89 Å². The van der Waals surface area contributed by atoms with Crippen molar-refractivity contribution in [2.24, 2.45) is 5.92 Å². The van der Waals surface area contributed by atoms with Gasteiger partial charge in [-0.05, 0) is 35.4 Å². The zero-order chi connectivity index (χ0) is 11.4. The third kappa shape index (κ3) is 3.24. The Morgan fingerprint density at radius 1 is 1.20 bits per heavy atom. The van der Waals surface area contributed by atoms with Gasteiger partial charge < -0.3 is 4.89 Å². The van der Waals surface area contributed by atoms with Crippen LogP contribution in [0, 0.1) is 5.92 Å². The highest BCUT2D eigenvalue weighted by Gasteiger charge is 2.09. The van der Waals surface area contributed by atoms with Crippen LogP contribution in [0.25, 0.3) is 0 Å². The van der Waals surface area contributed by atoms with E-state index in [9.17, 15) is 0 Å². The molecule has 0 radical (unpaired) electrons. The lowest BCUT2D eigenvalue weighted by Gasteiger charge is -2.12. The molecule has 0 saturated carbocycles. The second-order valence-electron chi connectivity index (χ2n) is 4.71. The van der Waals surface area contributed by atoms with Crippen LogP contribution in [0.4, 0.5) is 0 Å². The van der Waals surface area contributed by atoms with Gasteiger partial charge in [-0.2, -0.15) is 0 Å². The molecule has 0 spiro atoms. The summed E-state index contributed by atoms with van der Waals surface area (Å²) in [5.74, 6) is 1.60. The molecule has 0 aliphatic heterocycles. The molecule has 1 N–H and O–H groups in total. The van der Waals surface area contributed by atoms with Gasteiger partial charge in [-0.1, -0.05) is 39.8 Å². The van der Waals surface area contributed by atoms with Crippen molar-refractivity contribution in [3.05, 3.63) is 29.3 Å². The van der Waals surface area contributed by atoms with Crippen molar-refractivity contribution in [3.63, 3.8) is 0 Å². The number of hydrogen-bond acceptors (Lipinski definition) is 2. The maximum Gasteiger partial charge on any atom is 0.168 e. The predicted molar refractivity (Wildman–Crippen MR) is 62.3 cm³/mol. The molecule has 0 atom stereocenters. The summed E-state index contributed by atoms with van der Waals surface area (Å²) < 4.78 is 0. The Kier molecular flexibility index (Phi) is 4.15. The van der Waals surface area contributed by atoms with Gasteiger partial charge in [-0.25, -0.2) is 5.26 Å². The van der Waals surface area contributed by atoms with E-state index in [1.54, 1.807) is 0 Å². The lowest BCUT2D eigenvalue weighted by atomic mass is 9.97. The molecule has 0 fully saturated rings. The summed E-state index contributed by atoms with van der Waals surface area (Å²) in [4.78, 5) is 4.44. The Bertz CT molecular complexity index is 316. The summed E-state index contributed by atoms with van der Waals surface area (Å²) in [6.07, 6.45) is 0.925. The van der Waals surface area contributed by atoms with Gasteiger partial charge in [0.2, 0.25) is 0 Å². The lowest BCUT2D eigenvalue weighted by Crippen LogP contribution is -1.99. The van der Waals surface area contributed by atoms with E-state index in [0.717, 1.165) is 12.0 Å².